The number of benzene rings is 1. The van der Waals surface area contributed by atoms with E-state index in [1.54, 1.807) is 30.3 Å². The summed E-state index contributed by atoms with van der Waals surface area (Å²) in [6, 6.07) is 8.55. The molecule has 0 fully saturated rings. The van der Waals surface area contributed by atoms with Crippen molar-refractivity contribution in [3.8, 4) is 0 Å². The standard InChI is InChI=1S/C12H10N2O2/c15-11(9-4-2-1-3-5-9)8-10-6-7-13-12(16)14-10/h1-8H,(H2,13,14,16)/b10-8+. The van der Waals surface area contributed by atoms with Gasteiger partial charge in [-0.25, -0.2) is 4.79 Å². The number of amides is 2. The Balaban J connectivity index is 2.18. The van der Waals surface area contributed by atoms with E-state index in [1.165, 1.54) is 12.3 Å². The molecule has 2 rings (SSSR count). The highest BCUT2D eigenvalue weighted by atomic mass is 16.2. The number of carbonyl (C=O) groups is 2. The summed E-state index contributed by atoms with van der Waals surface area (Å²) in [6.45, 7) is 0. The van der Waals surface area contributed by atoms with Gasteiger partial charge in [0, 0.05) is 23.5 Å². The molecular formula is C12H10N2O2. The van der Waals surface area contributed by atoms with Crippen LogP contribution in [-0.2, 0) is 0 Å². The van der Waals surface area contributed by atoms with E-state index < -0.39 is 0 Å². The van der Waals surface area contributed by atoms with E-state index in [-0.39, 0.29) is 11.8 Å². The summed E-state index contributed by atoms with van der Waals surface area (Å²) >= 11 is 0. The Morgan fingerprint density at radius 1 is 1.19 bits per heavy atom. The third-order valence-electron chi connectivity index (χ3n) is 2.08. The average Bonchev–Trinajstić information content (AvgIpc) is 2.30. The zero-order valence-electron chi connectivity index (χ0n) is 8.44. The summed E-state index contributed by atoms with van der Waals surface area (Å²) in [5, 5.41) is 4.96. The molecule has 4 heteroatoms. The maximum absolute atomic E-state index is 11.7. The van der Waals surface area contributed by atoms with Crippen LogP contribution in [0.4, 0.5) is 4.79 Å². The first-order valence-electron chi connectivity index (χ1n) is 4.81. The lowest BCUT2D eigenvalue weighted by Crippen LogP contribution is -2.34. The number of rotatable bonds is 2. The van der Waals surface area contributed by atoms with E-state index in [9.17, 15) is 9.59 Å². The van der Waals surface area contributed by atoms with Crippen LogP contribution in [0.15, 0.2) is 54.4 Å². The third kappa shape index (κ3) is 2.36. The predicted octanol–water partition coefficient (Wildman–Crippen LogP) is 1.58. The number of nitrogens with one attached hydrogen (secondary N) is 2. The van der Waals surface area contributed by atoms with Crippen molar-refractivity contribution in [1.82, 2.24) is 10.6 Å². The molecule has 0 saturated heterocycles. The van der Waals surface area contributed by atoms with Crippen molar-refractivity contribution in [2.24, 2.45) is 0 Å². The van der Waals surface area contributed by atoms with Crippen molar-refractivity contribution in [2.45, 2.75) is 0 Å². The molecule has 0 unspecified atom stereocenters. The van der Waals surface area contributed by atoms with Gasteiger partial charge in [-0.15, -0.1) is 0 Å². The summed E-state index contributed by atoms with van der Waals surface area (Å²) in [5.74, 6) is -0.137. The molecule has 0 saturated carbocycles. The van der Waals surface area contributed by atoms with E-state index in [4.69, 9.17) is 0 Å². The minimum atomic E-state index is -0.338. The highest BCUT2D eigenvalue weighted by Gasteiger charge is 2.08. The van der Waals surface area contributed by atoms with Crippen LogP contribution in [0, 0.1) is 0 Å². The van der Waals surface area contributed by atoms with Crippen LogP contribution >= 0.6 is 0 Å². The third-order valence-corrected chi connectivity index (χ3v) is 2.08. The molecule has 4 nitrogen and oxygen atoms in total. The summed E-state index contributed by atoms with van der Waals surface area (Å²) in [4.78, 5) is 22.7. The first-order valence-corrected chi connectivity index (χ1v) is 4.81. The quantitative estimate of drug-likeness (QED) is 0.580. The molecule has 0 spiro atoms. The predicted molar refractivity (Wildman–Crippen MR) is 59.7 cm³/mol. The number of allylic oxidation sites excluding steroid dienone is 2. The van der Waals surface area contributed by atoms with Crippen molar-refractivity contribution in [1.29, 1.82) is 0 Å². The molecule has 0 atom stereocenters. The molecule has 2 N–H and O–H groups in total. The van der Waals surface area contributed by atoms with E-state index in [2.05, 4.69) is 10.6 Å². The first kappa shape index (κ1) is 10.2. The fourth-order valence-electron chi connectivity index (χ4n) is 1.33. The molecular weight excluding hydrogens is 204 g/mol. The van der Waals surface area contributed by atoms with Gasteiger partial charge in [-0.3, -0.25) is 4.79 Å². The second kappa shape index (κ2) is 4.44. The number of ketones is 1. The molecule has 1 heterocycles. The normalized spacial score (nSPS) is 16.8. The first-order chi connectivity index (χ1) is 7.75. The van der Waals surface area contributed by atoms with Gasteiger partial charge in [0.2, 0.25) is 0 Å². The van der Waals surface area contributed by atoms with Gasteiger partial charge in [0.15, 0.2) is 5.78 Å². The summed E-state index contributed by atoms with van der Waals surface area (Å²) in [6.07, 6.45) is 4.51. The van der Waals surface area contributed by atoms with Crippen LogP contribution in [0.2, 0.25) is 0 Å². The van der Waals surface area contributed by atoms with Crippen molar-refractivity contribution in [3.63, 3.8) is 0 Å². The Labute approximate surface area is 92.7 Å². The van der Waals surface area contributed by atoms with Gasteiger partial charge in [0.05, 0.1) is 0 Å². The van der Waals surface area contributed by atoms with Gasteiger partial charge >= 0.3 is 6.03 Å². The molecule has 1 aliphatic rings. The highest BCUT2D eigenvalue weighted by Crippen LogP contribution is 2.04. The van der Waals surface area contributed by atoms with E-state index in [1.807, 2.05) is 6.07 Å². The van der Waals surface area contributed by atoms with Crippen LogP contribution in [0.3, 0.4) is 0 Å². The SMILES string of the molecule is O=C1NC=C/C(=C\C(=O)c2ccccc2)N1. The minimum Gasteiger partial charge on any atom is -0.314 e. The fraction of sp³-hybridized carbons (Fsp3) is 0. The molecule has 0 radical (unpaired) electrons. The Hall–Kier alpha value is -2.36. The highest BCUT2D eigenvalue weighted by molar-refractivity contribution is 6.05. The number of hydrogen-bond donors (Lipinski definition) is 2. The Kier molecular flexibility index (Phi) is 2.82. The maximum atomic E-state index is 11.7. The van der Waals surface area contributed by atoms with Crippen LogP contribution in [0.25, 0.3) is 0 Å². The molecule has 0 aliphatic carbocycles. The molecule has 80 valence electrons. The van der Waals surface area contributed by atoms with Gasteiger partial charge in [0.1, 0.15) is 0 Å². The van der Waals surface area contributed by atoms with Gasteiger partial charge in [-0.05, 0) is 6.08 Å². The van der Waals surface area contributed by atoms with Crippen molar-refractivity contribution < 1.29 is 9.59 Å². The largest absolute Gasteiger partial charge is 0.323 e. The van der Waals surface area contributed by atoms with Crippen molar-refractivity contribution in [3.05, 3.63) is 59.9 Å². The monoisotopic (exact) mass is 214 g/mol. The van der Waals surface area contributed by atoms with Gasteiger partial charge in [-0.1, -0.05) is 30.3 Å². The molecule has 1 aromatic carbocycles. The van der Waals surface area contributed by atoms with Crippen LogP contribution < -0.4 is 10.6 Å². The summed E-state index contributed by atoms with van der Waals surface area (Å²) in [5.41, 5.74) is 1.08. The molecule has 1 aliphatic heterocycles. The van der Waals surface area contributed by atoms with E-state index in [0.29, 0.717) is 11.3 Å². The van der Waals surface area contributed by atoms with E-state index >= 15 is 0 Å². The molecule has 1 aromatic rings. The maximum Gasteiger partial charge on any atom is 0.323 e. The second-order valence-corrected chi connectivity index (χ2v) is 3.26. The van der Waals surface area contributed by atoms with Crippen LogP contribution in [0.1, 0.15) is 10.4 Å². The molecule has 0 bridgehead atoms. The lowest BCUT2D eigenvalue weighted by atomic mass is 10.1. The molecule has 0 aromatic heterocycles. The lowest BCUT2D eigenvalue weighted by Gasteiger charge is -2.10. The van der Waals surface area contributed by atoms with Gasteiger partial charge < -0.3 is 10.6 Å². The topological polar surface area (TPSA) is 58.2 Å². The van der Waals surface area contributed by atoms with Crippen LogP contribution in [-0.4, -0.2) is 11.8 Å². The number of urea groups is 1. The lowest BCUT2D eigenvalue weighted by molar-refractivity contribution is 0.104. The zero-order chi connectivity index (χ0) is 11.4. The number of carbonyl (C=O) groups excluding carboxylic acids is 2. The van der Waals surface area contributed by atoms with Crippen molar-refractivity contribution >= 4 is 11.8 Å². The Morgan fingerprint density at radius 3 is 2.62 bits per heavy atom. The Morgan fingerprint density at radius 2 is 1.94 bits per heavy atom. The number of hydrogen-bond acceptors (Lipinski definition) is 2. The average molecular weight is 214 g/mol. The van der Waals surface area contributed by atoms with E-state index in [0.717, 1.165) is 0 Å². The molecule has 16 heavy (non-hydrogen) atoms. The van der Waals surface area contributed by atoms with Crippen molar-refractivity contribution in [2.75, 3.05) is 0 Å². The van der Waals surface area contributed by atoms with Gasteiger partial charge in [0.25, 0.3) is 0 Å². The van der Waals surface area contributed by atoms with Gasteiger partial charge in [-0.2, -0.15) is 0 Å². The zero-order valence-corrected chi connectivity index (χ0v) is 8.44. The minimum absolute atomic E-state index is 0.137. The summed E-state index contributed by atoms with van der Waals surface area (Å²) < 4.78 is 0. The van der Waals surface area contributed by atoms with Crippen LogP contribution in [0.5, 0.6) is 0 Å². The summed E-state index contributed by atoms with van der Waals surface area (Å²) in [7, 11) is 0. The molecule has 2 amide bonds. The smallest absolute Gasteiger partial charge is 0.314 e. The fourth-order valence-corrected chi connectivity index (χ4v) is 1.33. The Bertz CT molecular complexity index is 475. The second-order valence-electron chi connectivity index (χ2n) is 3.26.